The van der Waals surface area contributed by atoms with Crippen LogP contribution in [0.3, 0.4) is 0 Å². The molecule has 1 aromatic heterocycles. The SMILES string of the molecule is CCc1ccccc1-c1nc(N)c(Br)c(C(C)C)n1. The minimum Gasteiger partial charge on any atom is -0.383 e. The molecule has 2 aromatic rings. The molecule has 0 spiro atoms. The van der Waals surface area contributed by atoms with E-state index in [4.69, 9.17) is 5.73 Å². The molecule has 0 aliphatic heterocycles. The van der Waals surface area contributed by atoms with Gasteiger partial charge in [0.25, 0.3) is 0 Å². The number of aromatic nitrogens is 2. The number of rotatable bonds is 3. The fraction of sp³-hybridized carbons (Fsp3) is 0.333. The molecule has 0 aliphatic rings. The van der Waals surface area contributed by atoms with Crippen molar-refractivity contribution in [2.45, 2.75) is 33.1 Å². The lowest BCUT2D eigenvalue weighted by atomic mass is 10.0. The van der Waals surface area contributed by atoms with E-state index < -0.39 is 0 Å². The van der Waals surface area contributed by atoms with Crippen molar-refractivity contribution in [3.8, 4) is 11.4 Å². The van der Waals surface area contributed by atoms with Gasteiger partial charge in [-0.15, -0.1) is 0 Å². The van der Waals surface area contributed by atoms with Crippen LogP contribution in [0.15, 0.2) is 28.7 Å². The first-order chi connectivity index (χ1) is 9.04. The Hall–Kier alpha value is -1.42. The smallest absolute Gasteiger partial charge is 0.162 e. The molecule has 0 radical (unpaired) electrons. The normalized spacial score (nSPS) is 11.0. The van der Waals surface area contributed by atoms with E-state index in [2.05, 4.69) is 52.7 Å². The van der Waals surface area contributed by atoms with Gasteiger partial charge in [-0.1, -0.05) is 45.0 Å². The summed E-state index contributed by atoms with van der Waals surface area (Å²) in [5, 5.41) is 0. The lowest BCUT2D eigenvalue weighted by Crippen LogP contribution is -2.05. The molecule has 0 atom stereocenters. The maximum Gasteiger partial charge on any atom is 0.162 e. The van der Waals surface area contributed by atoms with Gasteiger partial charge in [-0.3, -0.25) is 0 Å². The second-order valence-electron chi connectivity index (χ2n) is 4.80. The highest BCUT2D eigenvalue weighted by atomic mass is 79.9. The summed E-state index contributed by atoms with van der Waals surface area (Å²) in [5.41, 5.74) is 9.24. The molecule has 0 unspecified atom stereocenters. The van der Waals surface area contributed by atoms with Gasteiger partial charge in [0.1, 0.15) is 5.82 Å². The third-order valence-electron chi connectivity index (χ3n) is 3.09. The average Bonchev–Trinajstić information content (AvgIpc) is 2.41. The fourth-order valence-electron chi connectivity index (χ4n) is 2.03. The van der Waals surface area contributed by atoms with Crippen molar-refractivity contribution in [2.24, 2.45) is 0 Å². The zero-order valence-corrected chi connectivity index (χ0v) is 13.0. The van der Waals surface area contributed by atoms with Gasteiger partial charge < -0.3 is 5.73 Å². The van der Waals surface area contributed by atoms with E-state index >= 15 is 0 Å². The predicted octanol–water partition coefficient (Wildman–Crippen LogP) is 4.17. The van der Waals surface area contributed by atoms with E-state index in [1.54, 1.807) is 0 Å². The molecule has 3 nitrogen and oxygen atoms in total. The number of nitrogen functional groups attached to an aromatic ring is 1. The Labute approximate surface area is 122 Å². The molecule has 0 bridgehead atoms. The topological polar surface area (TPSA) is 51.8 Å². The second-order valence-corrected chi connectivity index (χ2v) is 5.59. The molecule has 0 saturated heterocycles. The summed E-state index contributed by atoms with van der Waals surface area (Å²) >= 11 is 3.47. The number of halogens is 1. The molecule has 2 rings (SSSR count). The molecule has 0 fully saturated rings. The largest absolute Gasteiger partial charge is 0.383 e. The van der Waals surface area contributed by atoms with Gasteiger partial charge in [0.05, 0.1) is 10.2 Å². The minimum absolute atomic E-state index is 0.298. The highest BCUT2D eigenvalue weighted by Gasteiger charge is 2.15. The second kappa shape index (κ2) is 5.70. The van der Waals surface area contributed by atoms with E-state index in [-0.39, 0.29) is 0 Å². The summed E-state index contributed by atoms with van der Waals surface area (Å²) in [6, 6.07) is 8.19. The summed E-state index contributed by atoms with van der Waals surface area (Å²) in [6.07, 6.45) is 0.951. The van der Waals surface area contributed by atoms with Crippen molar-refractivity contribution in [1.29, 1.82) is 0 Å². The highest BCUT2D eigenvalue weighted by molar-refractivity contribution is 9.10. The van der Waals surface area contributed by atoms with Gasteiger partial charge in [-0.2, -0.15) is 0 Å². The first-order valence-corrected chi connectivity index (χ1v) is 7.25. The molecule has 100 valence electrons. The maximum atomic E-state index is 5.99. The summed E-state index contributed by atoms with van der Waals surface area (Å²) in [5.74, 6) is 1.51. The van der Waals surface area contributed by atoms with Crippen molar-refractivity contribution in [1.82, 2.24) is 9.97 Å². The zero-order valence-electron chi connectivity index (χ0n) is 11.4. The molecule has 1 aromatic carbocycles. The Morgan fingerprint density at radius 1 is 1.21 bits per heavy atom. The molecule has 4 heteroatoms. The van der Waals surface area contributed by atoms with E-state index in [0.29, 0.717) is 17.6 Å². The Morgan fingerprint density at radius 3 is 2.53 bits per heavy atom. The molecule has 1 heterocycles. The van der Waals surface area contributed by atoms with Crippen LogP contribution in [0.4, 0.5) is 5.82 Å². The predicted molar refractivity (Wildman–Crippen MR) is 83.0 cm³/mol. The Bertz CT molecular complexity index is 594. The van der Waals surface area contributed by atoms with Crippen molar-refractivity contribution in [2.75, 3.05) is 5.73 Å². The van der Waals surface area contributed by atoms with Crippen molar-refractivity contribution < 1.29 is 0 Å². The Balaban J connectivity index is 2.63. The van der Waals surface area contributed by atoms with Gasteiger partial charge in [0.15, 0.2) is 5.82 Å². The standard InChI is InChI=1S/C15H18BrN3/c1-4-10-7-5-6-8-11(10)15-18-13(9(2)3)12(16)14(17)19-15/h5-9H,4H2,1-3H3,(H2,17,18,19). The van der Waals surface area contributed by atoms with Gasteiger partial charge in [-0.25, -0.2) is 9.97 Å². The van der Waals surface area contributed by atoms with Crippen LogP contribution in [0.5, 0.6) is 0 Å². The number of hydrogen-bond acceptors (Lipinski definition) is 3. The average molecular weight is 320 g/mol. The summed E-state index contributed by atoms with van der Waals surface area (Å²) in [4.78, 5) is 9.09. The Kier molecular flexibility index (Phi) is 4.20. The molecule has 2 N–H and O–H groups in total. The summed E-state index contributed by atoms with van der Waals surface area (Å²) in [7, 11) is 0. The van der Waals surface area contributed by atoms with Gasteiger partial charge in [-0.05, 0) is 33.8 Å². The van der Waals surface area contributed by atoms with E-state index in [0.717, 1.165) is 22.2 Å². The molecule has 0 saturated carbocycles. The van der Waals surface area contributed by atoms with Crippen LogP contribution in [0, 0.1) is 0 Å². The quantitative estimate of drug-likeness (QED) is 0.923. The lowest BCUT2D eigenvalue weighted by Gasteiger charge is -2.13. The third kappa shape index (κ3) is 2.78. The van der Waals surface area contributed by atoms with Crippen LogP contribution in [0.2, 0.25) is 0 Å². The molecule has 0 amide bonds. The minimum atomic E-state index is 0.298. The molecule has 0 aliphatic carbocycles. The van der Waals surface area contributed by atoms with Crippen LogP contribution in [0.1, 0.15) is 37.9 Å². The van der Waals surface area contributed by atoms with Gasteiger partial charge in [0, 0.05) is 5.56 Å². The maximum absolute atomic E-state index is 5.99. The van der Waals surface area contributed by atoms with Crippen LogP contribution < -0.4 is 5.73 Å². The molecular weight excluding hydrogens is 302 g/mol. The van der Waals surface area contributed by atoms with Crippen LogP contribution in [-0.2, 0) is 6.42 Å². The third-order valence-corrected chi connectivity index (χ3v) is 3.90. The fourth-order valence-corrected chi connectivity index (χ4v) is 2.67. The van der Waals surface area contributed by atoms with Crippen LogP contribution in [0.25, 0.3) is 11.4 Å². The van der Waals surface area contributed by atoms with E-state index in [9.17, 15) is 0 Å². The van der Waals surface area contributed by atoms with E-state index in [1.165, 1.54) is 5.56 Å². The van der Waals surface area contributed by atoms with Crippen molar-refractivity contribution in [3.63, 3.8) is 0 Å². The van der Waals surface area contributed by atoms with Gasteiger partial charge in [0.2, 0.25) is 0 Å². The number of aryl methyl sites for hydroxylation is 1. The number of hydrogen-bond donors (Lipinski definition) is 1. The van der Waals surface area contributed by atoms with Crippen LogP contribution >= 0.6 is 15.9 Å². The number of nitrogens with zero attached hydrogens (tertiary/aromatic N) is 2. The number of benzene rings is 1. The highest BCUT2D eigenvalue weighted by Crippen LogP contribution is 2.30. The molecular formula is C15H18BrN3. The van der Waals surface area contributed by atoms with Crippen LogP contribution in [-0.4, -0.2) is 9.97 Å². The first kappa shape index (κ1) is 14.0. The first-order valence-electron chi connectivity index (χ1n) is 6.45. The Morgan fingerprint density at radius 2 is 1.89 bits per heavy atom. The summed E-state index contributed by atoms with van der Waals surface area (Å²) in [6.45, 7) is 6.33. The zero-order chi connectivity index (χ0) is 14.0. The lowest BCUT2D eigenvalue weighted by molar-refractivity contribution is 0.810. The summed E-state index contributed by atoms with van der Waals surface area (Å²) < 4.78 is 0.806. The van der Waals surface area contributed by atoms with E-state index in [1.807, 2.05) is 18.2 Å². The molecule has 19 heavy (non-hydrogen) atoms. The number of nitrogens with two attached hydrogens (primary N) is 1. The monoisotopic (exact) mass is 319 g/mol. The number of anilines is 1. The van der Waals surface area contributed by atoms with Crippen molar-refractivity contribution >= 4 is 21.7 Å². The van der Waals surface area contributed by atoms with Gasteiger partial charge >= 0.3 is 0 Å². The van der Waals surface area contributed by atoms with Crippen molar-refractivity contribution in [3.05, 3.63) is 40.0 Å².